The van der Waals surface area contributed by atoms with Crippen molar-refractivity contribution in [2.45, 2.75) is 18.7 Å². The summed E-state index contributed by atoms with van der Waals surface area (Å²) < 4.78 is 53.1. The number of nitrogens with zero attached hydrogens (tertiary/aromatic N) is 1. The number of amides is 1. The van der Waals surface area contributed by atoms with Gasteiger partial charge in [-0.3, -0.25) is 4.79 Å². The standard InChI is InChI=1S/C17H17ClF2N2O3S/c1-3-22(4-2)26(24,25)12-6-8-14(18)16(10-12)21-17(23)13-7-5-11(19)9-15(13)20/h5-10H,3-4H2,1-2H3,(H,21,23). The average Bonchev–Trinajstić information content (AvgIpc) is 2.57. The molecule has 0 aliphatic carbocycles. The molecule has 26 heavy (non-hydrogen) atoms. The largest absolute Gasteiger partial charge is 0.321 e. The van der Waals surface area contributed by atoms with Gasteiger partial charge in [-0.05, 0) is 30.3 Å². The van der Waals surface area contributed by atoms with E-state index in [1.807, 2.05) is 0 Å². The van der Waals surface area contributed by atoms with E-state index < -0.39 is 27.6 Å². The van der Waals surface area contributed by atoms with Gasteiger partial charge >= 0.3 is 0 Å². The Bertz CT molecular complexity index is 932. The molecule has 0 spiro atoms. The molecule has 2 rings (SSSR count). The van der Waals surface area contributed by atoms with Crippen molar-refractivity contribution in [3.05, 3.63) is 58.6 Å². The number of rotatable bonds is 6. The van der Waals surface area contributed by atoms with E-state index in [4.69, 9.17) is 11.6 Å². The van der Waals surface area contributed by atoms with E-state index >= 15 is 0 Å². The first-order valence-electron chi connectivity index (χ1n) is 7.76. The molecule has 140 valence electrons. The van der Waals surface area contributed by atoms with Gasteiger partial charge in [0.05, 0.1) is 21.2 Å². The molecule has 2 aromatic rings. The van der Waals surface area contributed by atoms with Crippen LogP contribution in [0.15, 0.2) is 41.3 Å². The normalized spacial score (nSPS) is 11.6. The number of hydrogen-bond donors (Lipinski definition) is 1. The van der Waals surface area contributed by atoms with E-state index in [9.17, 15) is 22.0 Å². The van der Waals surface area contributed by atoms with Crippen molar-refractivity contribution in [1.82, 2.24) is 4.31 Å². The van der Waals surface area contributed by atoms with Crippen LogP contribution in [0.4, 0.5) is 14.5 Å². The molecular weight excluding hydrogens is 386 g/mol. The summed E-state index contributed by atoms with van der Waals surface area (Å²) >= 11 is 6.01. The number of anilines is 1. The van der Waals surface area contributed by atoms with Crippen molar-refractivity contribution in [1.29, 1.82) is 0 Å². The number of halogens is 3. The topological polar surface area (TPSA) is 66.5 Å². The van der Waals surface area contributed by atoms with E-state index in [0.29, 0.717) is 6.07 Å². The van der Waals surface area contributed by atoms with Gasteiger partial charge in [0, 0.05) is 19.2 Å². The first-order chi connectivity index (χ1) is 12.2. The summed E-state index contributed by atoms with van der Waals surface area (Å²) in [5.74, 6) is -2.73. The predicted octanol–water partition coefficient (Wildman–Crippen LogP) is 3.90. The van der Waals surface area contributed by atoms with Gasteiger partial charge < -0.3 is 5.32 Å². The van der Waals surface area contributed by atoms with E-state index in [2.05, 4.69) is 5.32 Å². The summed E-state index contributed by atoms with van der Waals surface area (Å²) in [4.78, 5) is 12.2. The molecule has 0 atom stereocenters. The summed E-state index contributed by atoms with van der Waals surface area (Å²) in [7, 11) is -3.75. The van der Waals surface area contributed by atoms with Gasteiger partial charge in [0.15, 0.2) is 0 Å². The molecule has 0 radical (unpaired) electrons. The van der Waals surface area contributed by atoms with E-state index in [1.165, 1.54) is 22.5 Å². The lowest BCUT2D eigenvalue weighted by Gasteiger charge is -2.19. The maximum atomic E-state index is 13.7. The van der Waals surface area contributed by atoms with Crippen molar-refractivity contribution in [2.24, 2.45) is 0 Å². The third-order valence-electron chi connectivity index (χ3n) is 3.70. The van der Waals surface area contributed by atoms with Crippen LogP contribution in [0.2, 0.25) is 5.02 Å². The molecule has 0 heterocycles. The maximum Gasteiger partial charge on any atom is 0.258 e. The first-order valence-corrected chi connectivity index (χ1v) is 9.58. The SMILES string of the molecule is CCN(CC)S(=O)(=O)c1ccc(Cl)c(NC(=O)c2ccc(F)cc2F)c1. The molecule has 0 saturated heterocycles. The van der Waals surface area contributed by atoms with Crippen molar-refractivity contribution in [2.75, 3.05) is 18.4 Å². The minimum Gasteiger partial charge on any atom is -0.321 e. The number of hydrogen-bond acceptors (Lipinski definition) is 3. The highest BCUT2D eigenvalue weighted by Gasteiger charge is 2.23. The quantitative estimate of drug-likeness (QED) is 0.796. The minimum absolute atomic E-state index is 0.00798. The second-order valence-corrected chi connectivity index (χ2v) is 7.65. The fourth-order valence-corrected chi connectivity index (χ4v) is 3.99. The number of nitrogens with one attached hydrogen (secondary N) is 1. The molecular formula is C17H17ClF2N2O3S. The molecule has 5 nitrogen and oxygen atoms in total. The molecule has 0 bridgehead atoms. The Labute approximate surface area is 155 Å². The summed E-state index contributed by atoms with van der Waals surface area (Å²) in [6.45, 7) is 3.97. The molecule has 0 saturated carbocycles. The van der Waals surface area contributed by atoms with Gasteiger partial charge in [-0.25, -0.2) is 17.2 Å². The molecule has 1 amide bonds. The van der Waals surface area contributed by atoms with Gasteiger partial charge in [-0.15, -0.1) is 0 Å². The van der Waals surface area contributed by atoms with Crippen LogP contribution in [0.1, 0.15) is 24.2 Å². The smallest absolute Gasteiger partial charge is 0.258 e. The van der Waals surface area contributed by atoms with Crippen LogP contribution in [-0.4, -0.2) is 31.7 Å². The molecule has 0 fully saturated rings. The Kier molecular flexibility index (Phi) is 6.33. The Morgan fingerprint density at radius 2 is 1.77 bits per heavy atom. The Hall–Kier alpha value is -2.03. The maximum absolute atomic E-state index is 13.7. The fraction of sp³-hybridized carbons (Fsp3) is 0.235. The Morgan fingerprint density at radius 3 is 2.35 bits per heavy atom. The summed E-state index contributed by atoms with van der Waals surface area (Å²) in [5.41, 5.74) is -0.381. The zero-order valence-electron chi connectivity index (χ0n) is 14.1. The van der Waals surface area contributed by atoms with Crippen LogP contribution in [0.5, 0.6) is 0 Å². The van der Waals surface area contributed by atoms with Gasteiger partial charge in [0.25, 0.3) is 5.91 Å². The molecule has 9 heteroatoms. The van der Waals surface area contributed by atoms with Crippen molar-refractivity contribution in [3.8, 4) is 0 Å². The zero-order chi connectivity index (χ0) is 19.5. The molecule has 0 aromatic heterocycles. The van der Waals surface area contributed by atoms with Crippen LogP contribution >= 0.6 is 11.6 Å². The predicted molar refractivity (Wildman–Crippen MR) is 95.9 cm³/mol. The van der Waals surface area contributed by atoms with Gasteiger partial charge in [-0.1, -0.05) is 25.4 Å². The second-order valence-electron chi connectivity index (χ2n) is 5.31. The summed E-state index contributed by atoms with van der Waals surface area (Å²) in [5, 5.41) is 2.44. The molecule has 2 aromatic carbocycles. The van der Waals surface area contributed by atoms with Crippen molar-refractivity contribution in [3.63, 3.8) is 0 Å². The number of carbonyl (C=O) groups excluding carboxylic acids is 1. The van der Waals surface area contributed by atoms with Crippen LogP contribution in [-0.2, 0) is 10.0 Å². The fourth-order valence-electron chi connectivity index (χ4n) is 2.34. The van der Waals surface area contributed by atoms with Crippen LogP contribution in [0.3, 0.4) is 0 Å². The minimum atomic E-state index is -3.75. The number of sulfonamides is 1. The molecule has 0 aliphatic rings. The highest BCUT2D eigenvalue weighted by Crippen LogP contribution is 2.27. The van der Waals surface area contributed by atoms with Gasteiger partial charge in [0.2, 0.25) is 10.0 Å². The second kappa shape index (κ2) is 8.11. The van der Waals surface area contributed by atoms with Crippen LogP contribution in [0.25, 0.3) is 0 Å². The molecule has 1 N–H and O–H groups in total. The highest BCUT2D eigenvalue weighted by molar-refractivity contribution is 7.89. The van der Waals surface area contributed by atoms with E-state index in [0.717, 1.165) is 12.1 Å². The summed E-state index contributed by atoms with van der Waals surface area (Å²) in [6.07, 6.45) is 0. The van der Waals surface area contributed by atoms with Gasteiger partial charge in [0.1, 0.15) is 11.6 Å². The zero-order valence-corrected chi connectivity index (χ0v) is 15.7. The lowest BCUT2D eigenvalue weighted by Crippen LogP contribution is -2.30. The Balaban J connectivity index is 2.37. The van der Waals surface area contributed by atoms with E-state index in [-0.39, 0.29) is 34.3 Å². The van der Waals surface area contributed by atoms with Crippen LogP contribution < -0.4 is 5.32 Å². The number of benzene rings is 2. The first kappa shape index (κ1) is 20.3. The molecule has 0 unspecified atom stereocenters. The number of carbonyl (C=O) groups is 1. The molecule has 0 aliphatic heterocycles. The third kappa shape index (κ3) is 4.20. The van der Waals surface area contributed by atoms with Crippen LogP contribution in [0, 0.1) is 11.6 Å². The van der Waals surface area contributed by atoms with Crippen molar-refractivity contribution < 1.29 is 22.0 Å². The lowest BCUT2D eigenvalue weighted by atomic mass is 10.2. The van der Waals surface area contributed by atoms with Crippen molar-refractivity contribution >= 4 is 33.2 Å². The average molecular weight is 403 g/mol. The highest BCUT2D eigenvalue weighted by atomic mass is 35.5. The summed E-state index contributed by atoms with van der Waals surface area (Å²) in [6, 6.07) is 6.37. The van der Waals surface area contributed by atoms with E-state index in [1.54, 1.807) is 13.8 Å². The Morgan fingerprint density at radius 1 is 1.12 bits per heavy atom. The lowest BCUT2D eigenvalue weighted by molar-refractivity contribution is 0.102. The monoisotopic (exact) mass is 402 g/mol. The third-order valence-corrected chi connectivity index (χ3v) is 6.08. The van der Waals surface area contributed by atoms with Gasteiger partial charge in [-0.2, -0.15) is 4.31 Å².